The van der Waals surface area contributed by atoms with Crippen molar-refractivity contribution in [3.05, 3.63) is 21.0 Å². The Kier molecular flexibility index (Phi) is 4.14. The first kappa shape index (κ1) is 14.0. The minimum absolute atomic E-state index is 0.0662. The maximum atomic E-state index is 12.1. The third-order valence-corrected chi connectivity index (χ3v) is 2.24. The summed E-state index contributed by atoms with van der Waals surface area (Å²) in [5.74, 6) is -2.10. The molecule has 94 valence electrons. The Morgan fingerprint density at radius 2 is 2.18 bits per heavy atom. The van der Waals surface area contributed by atoms with Crippen molar-refractivity contribution in [3.63, 3.8) is 0 Å². The van der Waals surface area contributed by atoms with Crippen LogP contribution in [0.4, 0.5) is 13.2 Å². The zero-order valence-electron chi connectivity index (χ0n) is 8.08. The van der Waals surface area contributed by atoms with E-state index in [1.165, 1.54) is 0 Å². The Labute approximate surface area is 107 Å². The monoisotopic (exact) mass is 362 g/mol. The van der Waals surface area contributed by atoms with Gasteiger partial charge in [-0.2, -0.15) is 0 Å². The lowest BCUT2D eigenvalue weighted by molar-refractivity contribution is -0.275. The van der Waals surface area contributed by atoms with Crippen molar-refractivity contribution < 1.29 is 27.8 Å². The van der Waals surface area contributed by atoms with Gasteiger partial charge in [-0.15, -0.1) is 13.2 Å². The molecule has 17 heavy (non-hydrogen) atoms. The molecule has 0 bridgehead atoms. The zero-order chi connectivity index (χ0) is 13.2. The summed E-state index contributed by atoms with van der Waals surface area (Å²) in [6.07, 6.45) is -4.91. The number of carboxylic acid groups (broad SMARTS) is 1. The molecule has 0 saturated heterocycles. The summed E-state index contributed by atoms with van der Waals surface area (Å²) in [5, 5.41) is 8.79. The molecule has 0 fully saturated rings. The van der Waals surface area contributed by atoms with Crippen molar-refractivity contribution in [2.45, 2.75) is 12.9 Å². The first-order chi connectivity index (χ1) is 7.74. The highest BCUT2D eigenvalue weighted by Gasteiger charge is 2.33. The van der Waals surface area contributed by atoms with Gasteiger partial charge >= 0.3 is 12.3 Å². The molecule has 1 heterocycles. The van der Waals surface area contributed by atoms with Gasteiger partial charge in [-0.25, -0.2) is 9.78 Å². The van der Waals surface area contributed by atoms with Gasteiger partial charge in [-0.1, -0.05) is 0 Å². The fraction of sp³-hybridized carbons (Fsp3) is 0.250. The minimum Gasteiger partial charge on any atom is -0.476 e. The number of alkyl halides is 3. The average Bonchev–Trinajstić information content (AvgIpc) is 2.14. The summed E-state index contributed by atoms with van der Waals surface area (Å²) in [5.41, 5.74) is 4.37. The van der Waals surface area contributed by atoms with Crippen molar-refractivity contribution >= 4 is 28.6 Å². The van der Waals surface area contributed by atoms with E-state index >= 15 is 0 Å². The number of carboxylic acids is 1. The van der Waals surface area contributed by atoms with Gasteiger partial charge in [0.1, 0.15) is 9.45 Å². The van der Waals surface area contributed by atoms with Crippen LogP contribution >= 0.6 is 22.6 Å². The lowest BCUT2D eigenvalue weighted by Gasteiger charge is -2.14. The molecule has 9 heteroatoms. The molecule has 0 aliphatic rings. The van der Waals surface area contributed by atoms with Gasteiger partial charge in [0.15, 0.2) is 5.69 Å². The summed E-state index contributed by atoms with van der Waals surface area (Å²) in [7, 11) is 0. The van der Waals surface area contributed by atoms with Gasteiger partial charge in [0, 0.05) is 18.2 Å². The third-order valence-electron chi connectivity index (χ3n) is 1.68. The first-order valence-electron chi connectivity index (χ1n) is 4.13. The molecule has 0 aliphatic carbocycles. The number of pyridine rings is 1. The Hall–Kier alpha value is -1.10. The molecule has 1 aromatic heterocycles. The molecule has 0 saturated carbocycles. The van der Waals surface area contributed by atoms with Gasteiger partial charge in [-0.05, 0) is 22.6 Å². The molecule has 0 unspecified atom stereocenters. The van der Waals surface area contributed by atoms with Crippen LogP contribution in [0.5, 0.6) is 5.75 Å². The highest BCUT2D eigenvalue weighted by atomic mass is 127. The molecule has 1 rings (SSSR count). The first-order valence-corrected chi connectivity index (χ1v) is 5.21. The molecule has 3 N–H and O–H groups in total. The fourth-order valence-corrected chi connectivity index (χ4v) is 1.63. The van der Waals surface area contributed by atoms with Crippen molar-refractivity contribution in [2.24, 2.45) is 5.73 Å². The maximum Gasteiger partial charge on any atom is 0.573 e. The SMILES string of the molecule is NCc1c(OC(F)(F)F)cc(I)nc1C(=O)O. The predicted octanol–water partition coefficient (Wildman–Crippen LogP) is 1.74. The van der Waals surface area contributed by atoms with E-state index in [2.05, 4.69) is 9.72 Å². The number of hydrogen-bond acceptors (Lipinski definition) is 4. The van der Waals surface area contributed by atoms with E-state index < -0.39 is 30.3 Å². The molecule has 0 aliphatic heterocycles. The van der Waals surface area contributed by atoms with Crippen LogP contribution in [0.25, 0.3) is 0 Å². The van der Waals surface area contributed by atoms with Crippen molar-refractivity contribution in [2.75, 3.05) is 0 Å². The predicted molar refractivity (Wildman–Crippen MR) is 58.5 cm³/mol. The largest absolute Gasteiger partial charge is 0.573 e. The van der Waals surface area contributed by atoms with Gasteiger partial charge in [0.05, 0.1) is 0 Å². The molecule has 0 radical (unpaired) electrons. The van der Waals surface area contributed by atoms with Crippen LogP contribution in [0.3, 0.4) is 0 Å². The van der Waals surface area contributed by atoms with Crippen LogP contribution in [-0.4, -0.2) is 22.4 Å². The van der Waals surface area contributed by atoms with Crippen LogP contribution < -0.4 is 10.5 Å². The van der Waals surface area contributed by atoms with Crippen LogP contribution in [-0.2, 0) is 6.54 Å². The normalized spacial score (nSPS) is 11.4. The lowest BCUT2D eigenvalue weighted by Crippen LogP contribution is -2.21. The van der Waals surface area contributed by atoms with Gasteiger partial charge in [-0.3, -0.25) is 0 Å². The lowest BCUT2D eigenvalue weighted by atomic mass is 10.1. The maximum absolute atomic E-state index is 12.1. The van der Waals surface area contributed by atoms with E-state index in [4.69, 9.17) is 10.8 Å². The number of carbonyl (C=O) groups is 1. The molecule has 0 atom stereocenters. The molecular weight excluding hydrogens is 356 g/mol. The molecule has 1 aromatic rings. The molecule has 0 spiro atoms. The number of aromatic nitrogens is 1. The van der Waals surface area contributed by atoms with Crippen molar-refractivity contribution in [3.8, 4) is 5.75 Å². The second kappa shape index (κ2) is 5.04. The number of halogens is 4. The molecular formula is C8H6F3IN2O3. The van der Waals surface area contributed by atoms with E-state index in [-0.39, 0.29) is 9.26 Å². The number of aromatic carboxylic acids is 1. The average molecular weight is 362 g/mol. The Morgan fingerprint density at radius 1 is 1.59 bits per heavy atom. The second-order valence-electron chi connectivity index (χ2n) is 2.83. The Bertz CT molecular complexity index is 450. The molecule has 0 aromatic carbocycles. The zero-order valence-corrected chi connectivity index (χ0v) is 10.2. The summed E-state index contributed by atoms with van der Waals surface area (Å²) in [6.45, 7) is -0.420. The van der Waals surface area contributed by atoms with Crippen LogP contribution in [0, 0.1) is 3.70 Å². The number of ether oxygens (including phenoxy) is 1. The summed E-state index contributed by atoms with van der Waals surface area (Å²) >= 11 is 1.59. The number of nitrogens with two attached hydrogens (primary N) is 1. The second-order valence-corrected chi connectivity index (χ2v) is 3.93. The number of nitrogens with zero attached hydrogens (tertiary/aromatic N) is 1. The highest BCUT2D eigenvalue weighted by Crippen LogP contribution is 2.29. The quantitative estimate of drug-likeness (QED) is 0.632. The number of rotatable bonds is 3. The molecule has 5 nitrogen and oxygen atoms in total. The molecule has 0 amide bonds. The minimum atomic E-state index is -4.91. The van der Waals surface area contributed by atoms with Crippen molar-refractivity contribution in [1.29, 1.82) is 0 Å². The highest BCUT2D eigenvalue weighted by molar-refractivity contribution is 14.1. The standard InChI is InChI=1S/C8H6F3IN2O3/c9-8(10,11)17-4-1-5(12)14-6(7(15)16)3(4)2-13/h1H,2,13H2,(H,15,16). The van der Waals surface area contributed by atoms with Gasteiger partial charge in [0.2, 0.25) is 0 Å². The van der Waals surface area contributed by atoms with E-state index in [1.54, 1.807) is 22.6 Å². The van der Waals surface area contributed by atoms with Gasteiger partial charge < -0.3 is 15.6 Å². The van der Waals surface area contributed by atoms with Crippen LogP contribution in [0.1, 0.15) is 16.1 Å². The van der Waals surface area contributed by atoms with Gasteiger partial charge in [0.25, 0.3) is 0 Å². The summed E-state index contributed by atoms with van der Waals surface area (Å²) < 4.78 is 40.0. The summed E-state index contributed by atoms with van der Waals surface area (Å²) in [6, 6.07) is 0.975. The summed E-state index contributed by atoms with van der Waals surface area (Å²) in [4.78, 5) is 14.4. The van der Waals surface area contributed by atoms with Crippen LogP contribution in [0.2, 0.25) is 0 Å². The Balaban J connectivity index is 3.33. The van der Waals surface area contributed by atoms with E-state index in [1.807, 2.05) is 0 Å². The third kappa shape index (κ3) is 3.70. The van der Waals surface area contributed by atoms with Crippen molar-refractivity contribution in [1.82, 2.24) is 4.98 Å². The van der Waals surface area contributed by atoms with E-state index in [0.29, 0.717) is 0 Å². The van der Waals surface area contributed by atoms with E-state index in [9.17, 15) is 18.0 Å². The number of hydrogen-bond donors (Lipinski definition) is 2. The smallest absolute Gasteiger partial charge is 0.476 e. The van der Waals surface area contributed by atoms with E-state index in [0.717, 1.165) is 6.07 Å². The Morgan fingerprint density at radius 3 is 2.59 bits per heavy atom. The fourth-order valence-electron chi connectivity index (χ4n) is 1.11. The topological polar surface area (TPSA) is 85.4 Å². The van der Waals surface area contributed by atoms with Crippen LogP contribution in [0.15, 0.2) is 6.07 Å².